The van der Waals surface area contributed by atoms with Crippen LogP contribution in [0.25, 0.3) is 0 Å². The van der Waals surface area contributed by atoms with E-state index in [9.17, 15) is 9.59 Å². The van der Waals surface area contributed by atoms with Crippen LogP contribution in [0.3, 0.4) is 0 Å². The predicted octanol–water partition coefficient (Wildman–Crippen LogP) is 2.52. The van der Waals surface area contributed by atoms with Crippen molar-refractivity contribution >= 4 is 29.2 Å². The lowest BCUT2D eigenvalue weighted by Crippen LogP contribution is -2.09. The van der Waals surface area contributed by atoms with Gasteiger partial charge in [0.05, 0.1) is 11.2 Å². The van der Waals surface area contributed by atoms with E-state index in [0.29, 0.717) is 16.1 Å². The van der Waals surface area contributed by atoms with Crippen molar-refractivity contribution in [2.45, 2.75) is 6.92 Å². The second-order valence-corrected chi connectivity index (χ2v) is 4.67. The van der Waals surface area contributed by atoms with Crippen LogP contribution < -0.4 is 5.32 Å². The highest BCUT2D eigenvalue weighted by Gasteiger charge is 2.08. The van der Waals surface area contributed by atoms with Crippen molar-refractivity contribution in [2.75, 3.05) is 5.32 Å². The van der Waals surface area contributed by atoms with Crippen LogP contribution in [0.5, 0.6) is 0 Å². The highest BCUT2D eigenvalue weighted by atomic mass is 32.1. The SMILES string of the molecule is Cc1ncc(C(=O)Nc2ccc(C=O)cc2)s1. The van der Waals surface area contributed by atoms with Crippen molar-refractivity contribution in [1.82, 2.24) is 4.98 Å². The molecule has 1 N–H and O–H groups in total. The minimum atomic E-state index is -0.186. The maximum absolute atomic E-state index is 11.8. The molecule has 0 saturated carbocycles. The quantitative estimate of drug-likeness (QED) is 0.846. The molecule has 0 spiro atoms. The number of benzene rings is 1. The first-order valence-electron chi connectivity index (χ1n) is 4.98. The largest absolute Gasteiger partial charge is 0.321 e. The van der Waals surface area contributed by atoms with Crippen molar-refractivity contribution in [3.63, 3.8) is 0 Å². The summed E-state index contributed by atoms with van der Waals surface area (Å²) in [4.78, 5) is 26.8. The Kier molecular flexibility index (Phi) is 3.30. The van der Waals surface area contributed by atoms with Gasteiger partial charge in [-0.25, -0.2) is 4.98 Å². The molecule has 1 heterocycles. The predicted molar refractivity (Wildman–Crippen MR) is 66.6 cm³/mol. The van der Waals surface area contributed by atoms with Crippen LogP contribution in [0, 0.1) is 6.92 Å². The maximum Gasteiger partial charge on any atom is 0.267 e. The monoisotopic (exact) mass is 246 g/mol. The molecule has 1 amide bonds. The van der Waals surface area contributed by atoms with E-state index in [0.717, 1.165) is 11.3 Å². The van der Waals surface area contributed by atoms with Gasteiger partial charge in [-0.05, 0) is 31.2 Å². The summed E-state index contributed by atoms with van der Waals surface area (Å²) in [5.41, 5.74) is 1.24. The highest BCUT2D eigenvalue weighted by molar-refractivity contribution is 7.13. The molecule has 4 nitrogen and oxygen atoms in total. The van der Waals surface area contributed by atoms with Gasteiger partial charge in [0.15, 0.2) is 0 Å². The van der Waals surface area contributed by atoms with Crippen LogP contribution in [0.15, 0.2) is 30.5 Å². The number of anilines is 1. The molecule has 0 saturated heterocycles. The van der Waals surface area contributed by atoms with Gasteiger partial charge in [-0.1, -0.05) is 0 Å². The lowest BCUT2D eigenvalue weighted by molar-refractivity contribution is 0.103. The minimum Gasteiger partial charge on any atom is -0.321 e. The molecule has 2 rings (SSSR count). The van der Waals surface area contributed by atoms with Crippen molar-refractivity contribution in [1.29, 1.82) is 0 Å². The van der Waals surface area contributed by atoms with E-state index in [1.807, 2.05) is 6.92 Å². The van der Waals surface area contributed by atoms with Crippen LogP contribution in [0.4, 0.5) is 5.69 Å². The average Bonchev–Trinajstić information content (AvgIpc) is 2.77. The number of carbonyl (C=O) groups is 2. The third kappa shape index (κ3) is 2.76. The zero-order valence-corrected chi connectivity index (χ0v) is 9.95. The van der Waals surface area contributed by atoms with E-state index in [-0.39, 0.29) is 5.91 Å². The normalized spacial score (nSPS) is 9.94. The Morgan fingerprint density at radius 1 is 1.35 bits per heavy atom. The number of amides is 1. The fraction of sp³-hybridized carbons (Fsp3) is 0.0833. The summed E-state index contributed by atoms with van der Waals surface area (Å²) in [6.07, 6.45) is 2.31. The second-order valence-electron chi connectivity index (χ2n) is 3.44. The van der Waals surface area contributed by atoms with Crippen molar-refractivity contribution in [3.05, 3.63) is 45.9 Å². The van der Waals surface area contributed by atoms with Gasteiger partial charge in [0.2, 0.25) is 0 Å². The third-order valence-corrected chi connectivity index (χ3v) is 3.06. The van der Waals surface area contributed by atoms with E-state index < -0.39 is 0 Å². The topological polar surface area (TPSA) is 59.1 Å². The molecule has 0 aliphatic rings. The van der Waals surface area contributed by atoms with Gasteiger partial charge in [-0.2, -0.15) is 0 Å². The molecule has 5 heteroatoms. The van der Waals surface area contributed by atoms with Gasteiger partial charge in [-0.15, -0.1) is 11.3 Å². The average molecular weight is 246 g/mol. The van der Waals surface area contributed by atoms with Crippen molar-refractivity contribution in [2.24, 2.45) is 0 Å². The summed E-state index contributed by atoms with van der Waals surface area (Å²) >= 11 is 1.34. The van der Waals surface area contributed by atoms with Crippen LogP contribution in [0.2, 0.25) is 0 Å². The van der Waals surface area contributed by atoms with E-state index in [1.54, 1.807) is 30.5 Å². The van der Waals surface area contributed by atoms with Crippen LogP contribution in [-0.2, 0) is 0 Å². The summed E-state index contributed by atoms with van der Waals surface area (Å²) in [7, 11) is 0. The summed E-state index contributed by atoms with van der Waals surface area (Å²) in [6.45, 7) is 1.85. The zero-order valence-electron chi connectivity index (χ0n) is 9.14. The molecule has 0 bridgehead atoms. The van der Waals surface area contributed by atoms with Gasteiger partial charge in [-0.3, -0.25) is 9.59 Å². The lowest BCUT2D eigenvalue weighted by Gasteiger charge is -2.02. The Bertz CT molecular complexity index is 546. The van der Waals surface area contributed by atoms with Gasteiger partial charge in [0.25, 0.3) is 5.91 Å². The Morgan fingerprint density at radius 3 is 2.59 bits per heavy atom. The molecule has 0 fully saturated rings. The summed E-state index contributed by atoms with van der Waals surface area (Å²) in [5, 5.41) is 3.59. The molecule has 0 aliphatic heterocycles. The van der Waals surface area contributed by atoms with E-state index in [2.05, 4.69) is 10.3 Å². The number of hydrogen-bond donors (Lipinski definition) is 1. The smallest absolute Gasteiger partial charge is 0.267 e. The molecule has 1 aromatic carbocycles. The summed E-state index contributed by atoms with van der Waals surface area (Å²) < 4.78 is 0. The molecular weight excluding hydrogens is 236 g/mol. The fourth-order valence-corrected chi connectivity index (χ4v) is 1.98. The first-order chi connectivity index (χ1) is 8.19. The number of nitrogens with zero attached hydrogens (tertiary/aromatic N) is 1. The maximum atomic E-state index is 11.8. The summed E-state index contributed by atoms with van der Waals surface area (Å²) in [5.74, 6) is -0.186. The third-order valence-electron chi connectivity index (χ3n) is 2.15. The number of aldehydes is 1. The van der Waals surface area contributed by atoms with Gasteiger partial charge < -0.3 is 5.32 Å². The first-order valence-corrected chi connectivity index (χ1v) is 5.80. The standard InChI is InChI=1S/C12H10N2O2S/c1-8-13-6-11(17-8)12(16)14-10-4-2-9(7-15)3-5-10/h2-7H,1H3,(H,14,16). The van der Waals surface area contributed by atoms with Gasteiger partial charge in [0.1, 0.15) is 11.2 Å². The number of carbonyl (C=O) groups excluding carboxylic acids is 2. The van der Waals surface area contributed by atoms with Crippen LogP contribution >= 0.6 is 11.3 Å². The number of aryl methyl sites for hydroxylation is 1. The molecule has 0 atom stereocenters. The minimum absolute atomic E-state index is 0.186. The molecule has 17 heavy (non-hydrogen) atoms. The number of nitrogens with one attached hydrogen (secondary N) is 1. The Balaban J connectivity index is 2.10. The van der Waals surface area contributed by atoms with E-state index in [4.69, 9.17) is 0 Å². The van der Waals surface area contributed by atoms with Crippen LogP contribution in [-0.4, -0.2) is 17.2 Å². The molecule has 86 valence electrons. The Labute approximate surface area is 102 Å². The first kappa shape index (κ1) is 11.5. The molecular formula is C12H10N2O2S. The fourth-order valence-electron chi connectivity index (χ4n) is 1.30. The number of hydrogen-bond acceptors (Lipinski definition) is 4. The molecule has 0 radical (unpaired) electrons. The zero-order chi connectivity index (χ0) is 12.3. The Hall–Kier alpha value is -2.01. The molecule has 2 aromatic rings. The highest BCUT2D eigenvalue weighted by Crippen LogP contribution is 2.15. The van der Waals surface area contributed by atoms with Crippen molar-refractivity contribution in [3.8, 4) is 0 Å². The number of aromatic nitrogens is 1. The lowest BCUT2D eigenvalue weighted by atomic mass is 10.2. The molecule has 0 aliphatic carbocycles. The number of thiazole rings is 1. The van der Waals surface area contributed by atoms with Gasteiger partial charge >= 0.3 is 0 Å². The number of rotatable bonds is 3. The second kappa shape index (κ2) is 4.88. The van der Waals surface area contributed by atoms with Gasteiger partial charge in [0, 0.05) is 11.3 Å². The Morgan fingerprint density at radius 2 is 2.06 bits per heavy atom. The van der Waals surface area contributed by atoms with E-state index >= 15 is 0 Å². The molecule has 1 aromatic heterocycles. The van der Waals surface area contributed by atoms with E-state index in [1.165, 1.54) is 11.3 Å². The summed E-state index contributed by atoms with van der Waals surface area (Å²) in [6, 6.07) is 6.69. The van der Waals surface area contributed by atoms with Crippen LogP contribution in [0.1, 0.15) is 25.0 Å². The molecule has 0 unspecified atom stereocenters. The van der Waals surface area contributed by atoms with Crippen molar-refractivity contribution < 1.29 is 9.59 Å².